The summed E-state index contributed by atoms with van der Waals surface area (Å²) in [6.07, 6.45) is 1.02. The molecule has 0 amide bonds. The fourth-order valence-corrected chi connectivity index (χ4v) is 2.23. The molecule has 0 fully saturated rings. The third-order valence-corrected chi connectivity index (χ3v) is 3.28. The fourth-order valence-electron chi connectivity index (χ4n) is 0.864. The van der Waals surface area contributed by atoms with Crippen LogP contribution in [0.25, 0.3) is 0 Å². The number of halogens is 2. The molecule has 0 bridgehead atoms. The lowest BCUT2D eigenvalue weighted by Crippen LogP contribution is -2.06. The molecule has 0 radical (unpaired) electrons. The van der Waals surface area contributed by atoms with Gasteiger partial charge in [0, 0.05) is 16.6 Å². The van der Waals surface area contributed by atoms with E-state index in [0.717, 1.165) is 6.42 Å². The van der Waals surface area contributed by atoms with Gasteiger partial charge in [0.05, 0.1) is 0 Å². The van der Waals surface area contributed by atoms with E-state index in [1.807, 2.05) is 0 Å². The Hall–Kier alpha value is 0.280. The molecule has 0 aliphatic rings. The lowest BCUT2D eigenvalue weighted by atomic mass is 10.1. The third kappa shape index (κ3) is 3.02. The van der Waals surface area contributed by atoms with Crippen LogP contribution in [0.5, 0.6) is 0 Å². The Morgan fingerprint density at radius 3 is 2.55 bits per heavy atom. The van der Waals surface area contributed by atoms with Crippen molar-refractivity contribution in [1.82, 2.24) is 0 Å². The van der Waals surface area contributed by atoms with Crippen molar-refractivity contribution >= 4 is 34.5 Å². The maximum Gasteiger partial charge on any atom is 0.0266 e. The van der Waals surface area contributed by atoms with Crippen LogP contribution < -0.4 is 0 Å². The first-order valence-electron chi connectivity index (χ1n) is 3.51. The highest BCUT2D eigenvalue weighted by Gasteiger charge is 2.06. The summed E-state index contributed by atoms with van der Waals surface area (Å²) in [5.41, 5.74) is 0. The summed E-state index contributed by atoms with van der Waals surface area (Å²) < 4.78 is 0. The predicted octanol–water partition coefficient (Wildman–Crippen LogP) is 3.38. The van der Waals surface area contributed by atoms with Gasteiger partial charge in [-0.1, -0.05) is 6.07 Å². The Bertz CT molecular complexity index is 180. The summed E-state index contributed by atoms with van der Waals surface area (Å²) in [7, 11) is 0. The summed E-state index contributed by atoms with van der Waals surface area (Å²) in [5, 5.41) is 2.08. The van der Waals surface area contributed by atoms with Gasteiger partial charge in [-0.15, -0.1) is 34.5 Å². The topological polar surface area (TPSA) is 0 Å². The van der Waals surface area contributed by atoms with Crippen molar-refractivity contribution in [2.75, 3.05) is 11.8 Å². The smallest absolute Gasteiger partial charge is 0.0266 e. The zero-order valence-corrected chi connectivity index (χ0v) is 8.42. The summed E-state index contributed by atoms with van der Waals surface area (Å²) in [6, 6.07) is 4.18. The van der Waals surface area contributed by atoms with Crippen LogP contribution in [0.2, 0.25) is 0 Å². The normalized spacial score (nSPS) is 10.8. The Labute approximate surface area is 81.1 Å². The van der Waals surface area contributed by atoms with Crippen LogP contribution >= 0.6 is 34.5 Å². The van der Waals surface area contributed by atoms with Gasteiger partial charge in [0.15, 0.2) is 0 Å². The summed E-state index contributed by atoms with van der Waals surface area (Å²) in [6.45, 7) is 0. The monoisotopic (exact) mass is 208 g/mol. The van der Waals surface area contributed by atoms with Crippen LogP contribution in [0.15, 0.2) is 17.5 Å². The van der Waals surface area contributed by atoms with Crippen molar-refractivity contribution in [3.63, 3.8) is 0 Å². The largest absolute Gasteiger partial charge is 0.149 e. The lowest BCUT2D eigenvalue weighted by molar-refractivity contribution is 0.669. The Morgan fingerprint density at radius 1 is 1.36 bits per heavy atom. The number of alkyl halides is 2. The van der Waals surface area contributed by atoms with E-state index in [1.54, 1.807) is 11.3 Å². The van der Waals surface area contributed by atoms with Gasteiger partial charge in [-0.05, 0) is 23.8 Å². The fraction of sp³-hybridized carbons (Fsp3) is 0.500. The van der Waals surface area contributed by atoms with Gasteiger partial charge in [0.25, 0.3) is 0 Å². The van der Waals surface area contributed by atoms with Crippen molar-refractivity contribution in [1.29, 1.82) is 0 Å². The highest BCUT2D eigenvalue weighted by Crippen LogP contribution is 2.16. The minimum Gasteiger partial charge on any atom is -0.149 e. The molecule has 0 saturated carbocycles. The number of hydrogen-bond donors (Lipinski definition) is 0. The Balaban J connectivity index is 2.41. The van der Waals surface area contributed by atoms with Crippen molar-refractivity contribution in [2.45, 2.75) is 6.42 Å². The van der Waals surface area contributed by atoms with Gasteiger partial charge in [-0.2, -0.15) is 0 Å². The summed E-state index contributed by atoms with van der Waals surface area (Å²) >= 11 is 13.2. The van der Waals surface area contributed by atoms with Gasteiger partial charge < -0.3 is 0 Å². The highest BCUT2D eigenvalue weighted by molar-refractivity contribution is 7.09. The molecule has 0 aliphatic heterocycles. The number of thiophene rings is 1. The average molecular weight is 209 g/mol. The van der Waals surface area contributed by atoms with Crippen LogP contribution in [-0.2, 0) is 6.42 Å². The molecule has 3 heteroatoms. The van der Waals surface area contributed by atoms with E-state index in [-0.39, 0.29) is 0 Å². The molecular formula is C8H10Cl2S. The van der Waals surface area contributed by atoms with E-state index in [2.05, 4.69) is 17.5 Å². The molecule has 62 valence electrons. The van der Waals surface area contributed by atoms with E-state index < -0.39 is 0 Å². The quantitative estimate of drug-likeness (QED) is 0.667. The zero-order chi connectivity index (χ0) is 8.10. The van der Waals surface area contributed by atoms with E-state index in [1.165, 1.54) is 4.88 Å². The minimum absolute atomic E-state index is 0.428. The maximum absolute atomic E-state index is 5.70. The standard InChI is InChI=1S/C8H10Cl2S/c9-5-7(6-10)4-8-2-1-3-11-8/h1-3,7H,4-6H2. The molecule has 0 aromatic carbocycles. The maximum atomic E-state index is 5.70. The second kappa shape index (κ2) is 5.02. The van der Waals surface area contributed by atoms with Crippen LogP contribution in [0.4, 0.5) is 0 Å². The molecule has 0 atom stereocenters. The third-order valence-electron chi connectivity index (χ3n) is 1.51. The van der Waals surface area contributed by atoms with Crippen LogP contribution in [0.1, 0.15) is 4.88 Å². The highest BCUT2D eigenvalue weighted by atomic mass is 35.5. The van der Waals surface area contributed by atoms with Crippen molar-refractivity contribution in [2.24, 2.45) is 5.92 Å². The molecule has 1 heterocycles. The first kappa shape index (κ1) is 9.37. The molecule has 11 heavy (non-hydrogen) atoms. The van der Waals surface area contributed by atoms with Gasteiger partial charge >= 0.3 is 0 Å². The average Bonchev–Trinajstić information content (AvgIpc) is 2.52. The second-order valence-corrected chi connectivity index (χ2v) is 4.11. The van der Waals surface area contributed by atoms with E-state index in [9.17, 15) is 0 Å². The molecule has 0 saturated heterocycles. The molecule has 0 aliphatic carbocycles. The first-order valence-corrected chi connectivity index (χ1v) is 5.46. The van der Waals surface area contributed by atoms with Gasteiger partial charge in [0.2, 0.25) is 0 Å². The first-order chi connectivity index (χ1) is 5.36. The number of rotatable bonds is 4. The summed E-state index contributed by atoms with van der Waals surface area (Å²) in [4.78, 5) is 1.37. The summed E-state index contributed by atoms with van der Waals surface area (Å²) in [5.74, 6) is 1.74. The van der Waals surface area contributed by atoms with Crippen LogP contribution in [0.3, 0.4) is 0 Å². The molecule has 1 aromatic rings. The molecular weight excluding hydrogens is 199 g/mol. The van der Waals surface area contributed by atoms with Gasteiger partial charge in [0.1, 0.15) is 0 Å². The van der Waals surface area contributed by atoms with Crippen molar-refractivity contribution in [3.8, 4) is 0 Å². The number of hydrogen-bond acceptors (Lipinski definition) is 1. The van der Waals surface area contributed by atoms with E-state index in [0.29, 0.717) is 17.7 Å². The molecule has 1 aromatic heterocycles. The van der Waals surface area contributed by atoms with E-state index in [4.69, 9.17) is 23.2 Å². The van der Waals surface area contributed by atoms with Gasteiger partial charge in [-0.3, -0.25) is 0 Å². The predicted molar refractivity (Wildman–Crippen MR) is 53.0 cm³/mol. The van der Waals surface area contributed by atoms with Gasteiger partial charge in [-0.25, -0.2) is 0 Å². The minimum atomic E-state index is 0.428. The molecule has 1 rings (SSSR count). The Kier molecular flexibility index (Phi) is 4.28. The van der Waals surface area contributed by atoms with E-state index >= 15 is 0 Å². The van der Waals surface area contributed by atoms with Crippen LogP contribution in [-0.4, -0.2) is 11.8 Å². The van der Waals surface area contributed by atoms with Crippen molar-refractivity contribution < 1.29 is 0 Å². The van der Waals surface area contributed by atoms with Crippen molar-refractivity contribution in [3.05, 3.63) is 22.4 Å². The molecule has 0 unspecified atom stereocenters. The SMILES string of the molecule is ClCC(CCl)Cc1cccs1. The zero-order valence-electron chi connectivity index (χ0n) is 6.09. The molecule has 0 spiro atoms. The lowest BCUT2D eigenvalue weighted by Gasteiger charge is -2.06. The molecule has 0 N–H and O–H groups in total. The molecule has 0 nitrogen and oxygen atoms in total. The Morgan fingerprint density at radius 2 is 2.09 bits per heavy atom. The second-order valence-electron chi connectivity index (χ2n) is 2.46. The van der Waals surface area contributed by atoms with Crippen LogP contribution in [0, 0.1) is 5.92 Å².